The first-order valence-electron chi connectivity index (χ1n) is 10.9. The number of unbranched alkanes of at least 4 members (excludes halogenated alkanes) is 5. The fourth-order valence-corrected chi connectivity index (χ4v) is 3.31. The fourth-order valence-electron chi connectivity index (χ4n) is 3.31. The molecule has 0 saturated carbocycles. The van der Waals surface area contributed by atoms with Gasteiger partial charge < -0.3 is 20.1 Å². The predicted octanol–water partition coefficient (Wildman–Crippen LogP) is 4.66. The predicted molar refractivity (Wildman–Crippen MR) is 121 cm³/mol. The molecule has 0 unspecified atom stereocenters. The van der Waals surface area contributed by atoms with Crippen LogP contribution in [0, 0.1) is 0 Å². The van der Waals surface area contributed by atoms with Gasteiger partial charge in [0.1, 0.15) is 5.70 Å². The van der Waals surface area contributed by atoms with E-state index in [1.807, 2.05) is 12.1 Å². The van der Waals surface area contributed by atoms with Crippen molar-refractivity contribution in [3.05, 3.63) is 65.4 Å². The van der Waals surface area contributed by atoms with Crippen LogP contribution in [0.25, 0.3) is 6.08 Å². The zero-order chi connectivity index (χ0) is 21.9. The zero-order valence-electron chi connectivity index (χ0n) is 18.0. The molecule has 2 N–H and O–H groups in total. The Balaban J connectivity index is 1.66. The van der Waals surface area contributed by atoms with E-state index < -0.39 is 0 Å². The van der Waals surface area contributed by atoms with Crippen molar-refractivity contribution < 1.29 is 19.1 Å². The van der Waals surface area contributed by atoms with Gasteiger partial charge in [0.25, 0.3) is 11.8 Å². The zero-order valence-corrected chi connectivity index (χ0v) is 18.0. The van der Waals surface area contributed by atoms with Crippen molar-refractivity contribution in [1.29, 1.82) is 0 Å². The summed E-state index contributed by atoms with van der Waals surface area (Å²) in [7, 11) is 0. The third-order valence-electron chi connectivity index (χ3n) is 5.05. The van der Waals surface area contributed by atoms with Gasteiger partial charge in [-0.2, -0.15) is 0 Å². The van der Waals surface area contributed by atoms with E-state index >= 15 is 0 Å². The number of amides is 2. The maximum absolute atomic E-state index is 12.8. The first kappa shape index (κ1) is 22.4. The van der Waals surface area contributed by atoms with Gasteiger partial charge >= 0.3 is 0 Å². The van der Waals surface area contributed by atoms with E-state index in [2.05, 4.69) is 17.6 Å². The number of hydrogen-bond donors (Lipinski definition) is 2. The molecule has 1 aliphatic heterocycles. The summed E-state index contributed by atoms with van der Waals surface area (Å²) in [6.45, 7) is 2.95. The summed E-state index contributed by atoms with van der Waals surface area (Å²) in [5.74, 6) is 0.646. The van der Waals surface area contributed by atoms with Crippen molar-refractivity contribution in [2.75, 3.05) is 13.3 Å². The lowest BCUT2D eigenvalue weighted by Gasteiger charge is -2.11. The normalized spacial score (nSPS) is 12.5. The van der Waals surface area contributed by atoms with Gasteiger partial charge in [-0.05, 0) is 42.3 Å². The lowest BCUT2D eigenvalue weighted by molar-refractivity contribution is -0.117. The molecular weight excluding hydrogens is 392 g/mol. The first-order chi connectivity index (χ1) is 15.2. The average Bonchev–Trinajstić information content (AvgIpc) is 3.26. The summed E-state index contributed by atoms with van der Waals surface area (Å²) in [4.78, 5) is 25.5. The van der Waals surface area contributed by atoms with Gasteiger partial charge in [-0.25, -0.2) is 0 Å². The number of fused-ring (bicyclic) bond motifs is 1. The van der Waals surface area contributed by atoms with E-state index in [4.69, 9.17) is 9.47 Å². The molecule has 1 aliphatic rings. The van der Waals surface area contributed by atoms with E-state index in [0.717, 1.165) is 18.4 Å². The van der Waals surface area contributed by atoms with Gasteiger partial charge in [0, 0.05) is 12.1 Å². The number of ether oxygens (including phenoxy) is 2. The monoisotopic (exact) mass is 422 g/mol. The summed E-state index contributed by atoms with van der Waals surface area (Å²) in [5.41, 5.74) is 1.42. The Hall–Kier alpha value is -3.28. The molecule has 0 bridgehead atoms. The van der Waals surface area contributed by atoms with Crippen LogP contribution in [0.5, 0.6) is 11.5 Å². The Labute approximate surface area is 183 Å². The molecule has 0 fully saturated rings. The maximum atomic E-state index is 12.8. The molecule has 0 spiro atoms. The maximum Gasteiger partial charge on any atom is 0.267 e. The lowest BCUT2D eigenvalue weighted by Crippen LogP contribution is -2.35. The van der Waals surface area contributed by atoms with Gasteiger partial charge in [-0.3, -0.25) is 9.59 Å². The van der Waals surface area contributed by atoms with Crippen LogP contribution >= 0.6 is 0 Å². The van der Waals surface area contributed by atoms with Crippen LogP contribution in [-0.2, 0) is 4.79 Å². The molecule has 0 aromatic heterocycles. The van der Waals surface area contributed by atoms with Crippen LogP contribution in [0.4, 0.5) is 0 Å². The van der Waals surface area contributed by atoms with Gasteiger partial charge in [-0.15, -0.1) is 0 Å². The standard InChI is InChI=1S/C25H30N2O4/c1-2-3-4-5-6-10-15-26-25(29)21(27-24(28)20-11-8-7-9-12-20)16-19-13-14-22-23(17-19)31-18-30-22/h7-9,11-14,16-17H,2-6,10,15,18H2,1H3,(H,26,29)(H,27,28)/b21-16+. The molecule has 6 nitrogen and oxygen atoms in total. The lowest BCUT2D eigenvalue weighted by atomic mass is 10.1. The second kappa shape index (κ2) is 11.8. The van der Waals surface area contributed by atoms with Crippen LogP contribution in [0.3, 0.4) is 0 Å². The minimum absolute atomic E-state index is 0.179. The minimum atomic E-state index is -0.331. The third kappa shape index (κ3) is 6.88. The SMILES string of the molecule is CCCCCCCCNC(=O)/C(=C\c1ccc2c(c1)OCO2)NC(=O)c1ccccc1. The van der Waals surface area contributed by atoms with Crippen LogP contribution in [-0.4, -0.2) is 25.2 Å². The van der Waals surface area contributed by atoms with Crippen LogP contribution < -0.4 is 20.1 Å². The van der Waals surface area contributed by atoms with Gasteiger partial charge in [0.05, 0.1) is 0 Å². The molecule has 0 aliphatic carbocycles. The van der Waals surface area contributed by atoms with Crippen LogP contribution in [0.1, 0.15) is 61.4 Å². The van der Waals surface area contributed by atoms with Crippen LogP contribution in [0.2, 0.25) is 0 Å². The second-order valence-corrected chi connectivity index (χ2v) is 7.51. The minimum Gasteiger partial charge on any atom is -0.454 e. The van der Waals surface area contributed by atoms with Gasteiger partial charge in [-0.1, -0.05) is 63.3 Å². The molecule has 6 heteroatoms. The Bertz CT molecular complexity index is 909. The number of carbonyl (C=O) groups is 2. The van der Waals surface area contributed by atoms with E-state index in [-0.39, 0.29) is 24.3 Å². The van der Waals surface area contributed by atoms with Crippen molar-refractivity contribution >= 4 is 17.9 Å². The molecule has 3 rings (SSSR count). The van der Waals surface area contributed by atoms with E-state index in [1.165, 1.54) is 25.7 Å². The molecule has 2 aromatic carbocycles. The van der Waals surface area contributed by atoms with Gasteiger partial charge in [0.15, 0.2) is 11.5 Å². The van der Waals surface area contributed by atoms with Crippen molar-refractivity contribution in [1.82, 2.24) is 10.6 Å². The van der Waals surface area contributed by atoms with Crippen molar-refractivity contribution in [3.8, 4) is 11.5 Å². The van der Waals surface area contributed by atoms with Crippen LogP contribution in [0.15, 0.2) is 54.2 Å². The van der Waals surface area contributed by atoms with Crippen molar-refractivity contribution in [2.24, 2.45) is 0 Å². The summed E-state index contributed by atoms with van der Waals surface area (Å²) in [6, 6.07) is 14.2. The Morgan fingerprint density at radius 3 is 2.48 bits per heavy atom. The second-order valence-electron chi connectivity index (χ2n) is 7.51. The van der Waals surface area contributed by atoms with Crippen molar-refractivity contribution in [2.45, 2.75) is 45.4 Å². The smallest absolute Gasteiger partial charge is 0.267 e. The number of benzene rings is 2. The largest absolute Gasteiger partial charge is 0.454 e. The Morgan fingerprint density at radius 2 is 1.68 bits per heavy atom. The summed E-state index contributed by atoms with van der Waals surface area (Å²) in [6.07, 6.45) is 8.52. The molecule has 2 amide bonds. The third-order valence-corrected chi connectivity index (χ3v) is 5.05. The highest BCUT2D eigenvalue weighted by Gasteiger charge is 2.16. The van der Waals surface area contributed by atoms with Crippen molar-refractivity contribution in [3.63, 3.8) is 0 Å². The van der Waals surface area contributed by atoms with Gasteiger partial charge in [0.2, 0.25) is 6.79 Å². The molecule has 31 heavy (non-hydrogen) atoms. The molecule has 0 atom stereocenters. The quantitative estimate of drug-likeness (QED) is 0.408. The highest BCUT2D eigenvalue weighted by Crippen LogP contribution is 2.33. The summed E-state index contributed by atoms with van der Waals surface area (Å²) >= 11 is 0. The highest BCUT2D eigenvalue weighted by molar-refractivity contribution is 6.05. The molecule has 164 valence electrons. The molecule has 0 radical (unpaired) electrons. The molecule has 2 aromatic rings. The average molecular weight is 423 g/mol. The summed E-state index contributed by atoms with van der Waals surface area (Å²) in [5, 5.41) is 5.68. The summed E-state index contributed by atoms with van der Waals surface area (Å²) < 4.78 is 10.7. The highest BCUT2D eigenvalue weighted by atomic mass is 16.7. The number of nitrogens with one attached hydrogen (secondary N) is 2. The number of rotatable bonds is 11. The van der Waals surface area contributed by atoms with E-state index in [9.17, 15) is 9.59 Å². The fraction of sp³-hybridized carbons (Fsp3) is 0.360. The molecular formula is C25H30N2O4. The number of carbonyl (C=O) groups excluding carboxylic acids is 2. The number of hydrogen-bond acceptors (Lipinski definition) is 4. The van der Waals surface area contributed by atoms with E-state index in [1.54, 1.807) is 42.5 Å². The molecule has 0 saturated heterocycles. The van der Waals surface area contributed by atoms with E-state index in [0.29, 0.717) is 23.6 Å². The Kier molecular flexibility index (Phi) is 8.52. The topological polar surface area (TPSA) is 76.7 Å². The molecule has 1 heterocycles. The Morgan fingerprint density at radius 1 is 0.935 bits per heavy atom. The first-order valence-corrected chi connectivity index (χ1v) is 10.9.